The van der Waals surface area contributed by atoms with E-state index in [-0.39, 0.29) is 0 Å². The van der Waals surface area contributed by atoms with E-state index in [9.17, 15) is 0 Å². The first-order chi connectivity index (χ1) is 9.69. The Balaban J connectivity index is 2.09. The van der Waals surface area contributed by atoms with Crippen molar-refractivity contribution in [3.05, 3.63) is 55.8 Å². The Kier molecular flexibility index (Phi) is 4.17. The highest BCUT2D eigenvalue weighted by Crippen LogP contribution is 2.29. The molecule has 0 aliphatic carbocycles. The van der Waals surface area contributed by atoms with E-state index in [4.69, 9.17) is 11.6 Å². The van der Waals surface area contributed by atoms with Crippen molar-refractivity contribution >= 4 is 49.8 Å². The van der Waals surface area contributed by atoms with Crippen molar-refractivity contribution in [1.82, 2.24) is 9.88 Å². The van der Waals surface area contributed by atoms with Gasteiger partial charge in [-0.2, -0.15) is 0 Å². The molecule has 0 spiro atoms. The summed E-state index contributed by atoms with van der Waals surface area (Å²) in [5.74, 6) is 0. The van der Waals surface area contributed by atoms with Crippen LogP contribution in [0.25, 0.3) is 10.9 Å². The van der Waals surface area contributed by atoms with Crippen molar-refractivity contribution in [3.8, 4) is 0 Å². The van der Waals surface area contributed by atoms with Gasteiger partial charge in [0.05, 0.1) is 12.1 Å². The number of nitrogens with zero attached hydrogens (tertiary/aromatic N) is 1. The van der Waals surface area contributed by atoms with Gasteiger partial charge in [-0.3, -0.25) is 0 Å². The first kappa shape index (κ1) is 14.1. The minimum atomic E-state index is 0.776. The lowest BCUT2D eigenvalue weighted by Gasteiger charge is -2.04. The van der Waals surface area contributed by atoms with Crippen molar-refractivity contribution in [2.45, 2.75) is 13.1 Å². The number of benzene rings is 1. The second-order valence-corrected chi connectivity index (χ2v) is 6.96. The zero-order valence-corrected chi connectivity index (χ0v) is 14.1. The maximum absolute atomic E-state index is 6.15. The highest BCUT2D eigenvalue weighted by atomic mass is 79.9. The summed E-state index contributed by atoms with van der Waals surface area (Å²) in [6.07, 6.45) is 2.21. The van der Waals surface area contributed by atoms with Gasteiger partial charge in [0, 0.05) is 32.5 Å². The van der Waals surface area contributed by atoms with E-state index < -0.39 is 0 Å². The zero-order valence-electron chi connectivity index (χ0n) is 11.0. The molecule has 2 heterocycles. The van der Waals surface area contributed by atoms with Crippen LogP contribution in [0.3, 0.4) is 0 Å². The topological polar surface area (TPSA) is 17.0 Å². The first-order valence-electron chi connectivity index (χ1n) is 6.33. The van der Waals surface area contributed by atoms with Crippen LogP contribution in [0.5, 0.6) is 0 Å². The maximum atomic E-state index is 6.15. The van der Waals surface area contributed by atoms with E-state index in [0.717, 1.165) is 18.1 Å². The number of rotatable bonds is 4. The molecular weight excluding hydrogens is 356 g/mol. The fourth-order valence-corrected chi connectivity index (χ4v) is 4.04. The predicted octanol–water partition coefficient (Wildman–Crippen LogP) is 4.89. The molecule has 0 fully saturated rings. The molecule has 0 atom stereocenters. The minimum absolute atomic E-state index is 0.776. The molecular formula is C15H14BrClN2S. The van der Waals surface area contributed by atoms with E-state index >= 15 is 0 Å². The van der Waals surface area contributed by atoms with Gasteiger partial charge in [0.15, 0.2) is 0 Å². The molecule has 1 aromatic carbocycles. The maximum Gasteiger partial charge on any atom is 0.0580 e. The summed E-state index contributed by atoms with van der Waals surface area (Å²) in [6.45, 7) is 1.72. The molecule has 20 heavy (non-hydrogen) atoms. The van der Waals surface area contributed by atoms with Gasteiger partial charge < -0.3 is 9.88 Å². The van der Waals surface area contributed by atoms with Crippen LogP contribution in [0.1, 0.15) is 10.4 Å². The Morgan fingerprint density at radius 1 is 1.35 bits per heavy atom. The Hall–Kier alpha value is -0.810. The molecule has 2 aromatic heterocycles. The molecule has 5 heteroatoms. The highest BCUT2D eigenvalue weighted by Gasteiger charge is 2.10. The largest absolute Gasteiger partial charge is 0.342 e. The number of fused-ring (bicyclic) bond motifs is 1. The molecule has 0 saturated heterocycles. The van der Waals surface area contributed by atoms with Gasteiger partial charge in [0.1, 0.15) is 0 Å². The molecule has 3 rings (SSSR count). The van der Waals surface area contributed by atoms with E-state index in [1.807, 2.05) is 19.2 Å². The van der Waals surface area contributed by atoms with Crippen LogP contribution in [0.4, 0.5) is 0 Å². The van der Waals surface area contributed by atoms with Gasteiger partial charge in [0.25, 0.3) is 0 Å². The van der Waals surface area contributed by atoms with Crippen LogP contribution in [0.2, 0.25) is 5.02 Å². The molecule has 0 saturated carbocycles. The number of hydrogen-bond donors (Lipinski definition) is 1. The van der Waals surface area contributed by atoms with E-state index in [1.165, 1.54) is 25.8 Å². The second kappa shape index (κ2) is 5.90. The van der Waals surface area contributed by atoms with Crippen molar-refractivity contribution in [2.24, 2.45) is 0 Å². The molecule has 0 amide bonds. The number of halogens is 2. The fraction of sp³-hybridized carbons (Fsp3) is 0.200. The van der Waals surface area contributed by atoms with Crippen LogP contribution in [-0.2, 0) is 13.1 Å². The van der Waals surface area contributed by atoms with Crippen LogP contribution < -0.4 is 5.32 Å². The summed E-state index contributed by atoms with van der Waals surface area (Å²) < 4.78 is 3.44. The Labute approximate surface area is 135 Å². The molecule has 0 aliphatic rings. The predicted molar refractivity (Wildman–Crippen MR) is 90.8 cm³/mol. The van der Waals surface area contributed by atoms with E-state index in [2.05, 4.69) is 49.5 Å². The third kappa shape index (κ3) is 2.66. The van der Waals surface area contributed by atoms with Crippen LogP contribution >= 0.6 is 38.9 Å². The van der Waals surface area contributed by atoms with Crippen molar-refractivity contribution in [3.63, 3.8) is 0 Å². The smallest absolute Gasteiger partial charge is 0.0580 e. The third-order valence-electron chi connectivity index (χ3n) is 3.30. The molecule has 0 unspecified atom stereocenters. The van der Waals surface area contributed by atoms with Gasteiger partial charge in [0.2, 0.25) is 0 Å². The van der Waals surface area contributed by atoms with Gasteiger partial charge >= 0.3 is 0 Å². The number of nitrogens with one attached hydrogen (secondary N) is 1. The summed E-state index contributed by atoms with van der Waals surface area (Å²) in [6, 6.07) is 8.18. The minimum Gasteiger partial charge on any atom is -0.342 e. The van der Waals surface area contributed by atoms with E-state index in [1.54, 1.807) is 11.3 Å². The molecule has 3 aromatic rings. The zero-order chi connectivity index (χ0) is 14.1. The van der Waals surface area contributed by atoms with Crippen LogP contribution in [0.15, 0.2) is 40.3 Å². The van der Waals surface area contributed by atoms with Crippen LogP contribution in [-0.4, -0.2) is 11.6 Å². The molecule has 0 aliphatic heterocycles. The second-order valence-electron chi connectivity index (χ2n) is 4.67. The number of thiophene rings is 1. The molecule has 104 valence electrons. The molecule has 1 N–H and O–H groups in total. The van der Waals surface area contributed by atoms with Gasteiger partial charge in [-0.25, -0.2) is 0 Å². The third-order valence-corrected chi connectivity index (χ3v) is 5.45. The van der Waals surface area contributed by atoms with Crippen molar-refractivity contribution < 1.29 is 0 Å². The van der Waals surface area contributed by atoms with Gasteiger partial charge in [-0.15, -0.1) is 11.3 Å². The van der Waals surface area contributed by atoms with Gasteiger partial charge in [-0.05, 0) is 52.1 Å². The summed E-state index contributed by atoms with van der Waals surface area (Å²) in [5, 5.41) is 7.36. The Morgan fingerprint density at radius 3 is 2.90 bits per heavy atom. The van der Waals surface area contributed by atoms with Gasteiger partial charge in [-0.1, -0.05) is 17.7 Å². The van der Waals surface area contributed by atoms with Crippen LogP contribution in [0, 0.1) is 0 Å². The standard InChI is InChI=1S/C15H14BrClN2S/c1-18-7-10-8-19(9-15-13(16)4-5-20-15)14-6-11(17)2-3-12(10)14/h2-6,8,18H,7,9H2,1H3. The first-order valence-corrected chi connectivity index (χ1v) is 8.38. The summed E-state index contributed by atoms with van der Waals surface area (Å²) >= 11 is 11.5. The fourth-order valence-electron chi connectivity index (χ4n) is 2.40. The normalized spacial score (nSPS) is 11.3. The quantitative estimate of drug-likeness (QED) is 0.693. The average molecular weight is 370 g/mol. The SMILES string of the molecule is CNCc1cn(Cc2sccc2Br)c2cc(Cl)ccc12. The molecule has 2 nitrogen and oxygen atoms in total. The summed E-state index contributed by atoms with van der Waals surface area (Å²) in [5.41, 5.74) is 2.48. The summed E-state index contributed by atoms with van der Waals surface area (Å²) in [4.78, 5) is 1.32. The average Bonchev–Trinajstić information content (AvgIpc) is 2.96. The Morgan fingerprint density at radius 2 is 2.20 bits per heavy atom. The lowest BCUT2D eigenvalue weighted by molar-refractivity contribution is 0.799. The van der Waals surface area contributed by atoms with E-state index in [0.29, 0.717) is 0 Å². The lowest BCUT2D eigenvalue weighted by Crippen LogP contribution is -2.04. The number of hydrogen-bond acceptors (Lipinski definition) is 2. The summed E-state index contributed by atoms with van der Waals surface area (Å²) in [7, 11) is 1.97. The Bertz CT molecular complexity index is 747. The highest BCUT2D eigenvalue weighted by molar-refractivity contribution is 9.10. The monoisotopic (exact) mass is 368 g/mol. The van der Waals surface area contributed by atoms with Crippen molar-refractivity contribution in [2.75, 3.05) is 7.05 Å². The molecule has 0 bridgehead atoms. The number of aromatic nitrogens is 1. The lowest BCUT2D eigenvalue weighted by atomic mass is 10.2. The molecule has 0 radical (unpaired) electrons. The van der Waals surface area contributed by atoms with Crippen molar-refractivity contribution in [1.29, 1.82) is 0 Å².